The molecule has 2 N–H and O–H groups in total. The number of nitrogens with zero attached hydrogens (tertiary/aromatic N) is 3. The van der Waals surface area contributed by atoms with E-state index in [1.807, 2.05) is 0 Å². The van der Waals surface area contributed by atoms with E-state index in [4.69, 9.17) is 9.84 Å². The maximum Gasteiger partial charge on any atom is 0.326 e. The molecule has 2 atom stereocenters. The minimum atomic E-state index is -1.03. The maximum absolute atomic E-state index is 12.0. The van der Waals surface area contributed by atoms with Crippen LogP contribution in [0.15, 0.2) is 18.3 Å². The number of rotatable bonds is 4. The van der Waals surface area contributed by atoms with Crippen molar-refractivity contribution in [1.29, 1.82) is 0 Å². The van der Waals surface area contributed by atoms with Crippen molar-refractivity contribution in [1.82, 2.24) is 20.4 Å². The molecule has 2 amide bonds. The van der Waals surface area contributed by atoms with Crippen LogP contribution >= 0.6 is 0 Å². The van der Waals surface area contributed by atoms with Gasteiger partial charge in [-0.15, -0.1) is 0 Å². The molecule has 0 aromatic carbocycles. The molecule has 8 heteroatoms. The lowest BCUT2D eigenvalue weighted by molar-refractivity contribution is -0.141. The Morgan fingerprint density at radius 3 is 3.00 bits per heavy atom. The number of aromatic nitrogens is 2. The Labute approximate surface area is 115 Å². The third-order valence-electron chi connectivity index (χ3n) is 3.19. The monoisotopic (exact) mass is 280 g/mol. The molecule has 0 radical (unpaired) electrons. The van der Waals surface area contributed by atoms with Crippen LogP contribution in [0.2, 0.25) is 0 Å². The lowest BCUT2D eigenvalue weighted by Crippen LogP contribution is -2.46. The molecule has 0 saturated carbocycles. The summed E-state index contributed by atoms with van der Waals surface area (Å²) in [6, 6.07) is 2.14. The number of carboxylic acid groups (broad SMARTS) is 1. The second-order valence-corrected chi connectivity index (χ2v) is 4.47. The van der Waals surface area contributed by atoms with Gasteiger partial charge in [0.1, 0.15) is 6.04 Å². The average molecular weight is 280 g/mol. The molecule has 20 heavy (non-hydrogen) atoms. The van der Waals surface area contributed by atoms with Crippen LogP contribution in [0.3, 0.4) is 0 Å². The summed E-state index contributed by atoms with van der Waals surface area (Å²) in [6.45, 7) is 0.465. The standard InChI is InChI=1S/C12H16N4O4/c1-20-9-5-10(11(17)18)16(7-9)12(19)13-6-8-3-2-4-14-15-8/h2-4,9-10H,5-7H2,1H3,(H,13,19)(H,17,18). The van der Waals surface area contributed by atoms with E-state index < -0.39 is 18.0 Å². The minimum Gasteiger partial charge on any atom is -0.480 e. The molecule has 1 saturated heterocycles. The van der Waals surface area contributed by atoms with Gasteiger partial charge in [-0.05, 0) is 12.1 Å². The molecular formula is C12H16N4O4. The Bertz CT molecular complexity index is 482. The summed E-state index contributed by atoms with van der Waals surface area (Å²) < 4.78 is 5.13. The smallest absolute Gasteiger partial charge is 0.326 e. The van der Waals surface area contributed by atoms with Crippen LogP contribution < -0.4 is 5.32 Å². The highest BCUT2D eigenvalue weighted by molar-refractivity contribution is 5.83. The first-order valence-electron chi connectivity index (χ1n) is 6.18. The maximum atomic E-state index is 12.0. The van der Waals surface area contributed by atoms with Crippen molar-refractivity contribution in [3.05, 3.63) is 24.0 Å². The number of likely N-dealkylation sites (tertiary alicyclic amines) is 1. The van der Waals surface area contributed by atoms with E-state index in [2.05, 4.69) is 15.5 Å². The van der Waals surface area contributed by atoms with Crippen molar-refractivity contribution in [2.75, 3.05) is 13.7 Å². The number of urea groups is 1. The van der Waals surface area contributed by atoms with E-state index in [0.717, 1.165) is 0 Å². The van der Waals surface area contributed by atoms with Crippen LogP contribution in [0.5, 0.6) is 0 Å². The van der Waals surface area contributed by atoms with Crippen LogP contribution in [-0.2, 0) is 16.1 Å². The third kappa shape index (κ3) is 3.21. The lowest BCUT2D eigenvalue weighted by atomic mass is 10.2. The number of hydrogen-bond acceptors (Lipinski definition) is 5. The Hall–Kier alpha value is -2.22. The van der Waals surface area contributed by atoms with Gasteiger partial charge in [-0.2, -0.15) is 10.2 Å². The first-order valence-corrected chi connectivity index (χ1v) is 6.18. The number of methoxy groups -OCH3 is 1. The molecule has 108 valence electrons. The van der Waals surface area contributed by atoms with E-state index in [-0.39, 0.29) is 19.2 Å². The molecule has 0 spiro atoms. The number of nitrogens with one attached hydrogen (secondary N) is 1. The summed E-state index contributed by atoms with van der Waals surface area (Å²) in [6.07, 6.45) is 1.58. The molecule has 2 rings (SSSR count). The van der Waals surface area contributed by atoms with Crippen LogP contribution in [0.25, 0.3) is 0 Å². The molecule has 1 aliphatic heterocycles. The van der Waals surface area contributed by atoms with Gasteiger partial charge in [0.05, 0.1) is 18.3 Å². The molecule has 8 nitrogen and oxygen atoms in total. The largest absolute Gasteiger partial charge is 0.480 e. The number of carboxylic acids is 1. The first-order chi connectivity index (χ1) is 9.61. The highest BCUT2D eigenvalue weighted by Gasteiger charge is 2.39. The molecule has 0 bridgehead atoms. The van der Waals surface area contributed by atoms with Crippen molar-refractivity contribution in [2.24, 2.45) is 0 Å². The summed E-state index contributed by atoms with van der Waals surface area (Å²) in [4.78, 5) is 24.5. The first kappa shape index (κ1) is 14.2. The van der Waals surface area contributed by atoms with E-state index in [1.165, 1.54) is 18.2 Å². The zero-order chi connectivity index (χ0) is 14.5. The SMILES string of the molecule is COC1CC(C(=O)O)N(C(=O)NCc2cccnn2)C1. The highest BCUT2D eigenvalue weighted by atomic mass is 16.5. The number of hydrogen-bond donors (Lipinski definition) is 2. The zero-order valence-electron chi connectivity index (χ0n) is 11.0. The van der Waals surface area contributed by atoms with E-state index in [9.17, 15) is 9.59 Å². The van der Waals surface area contributed by atoms with Gasteiger partial charge in [0.25, 0.3) is 0 Å². The zero-order valence-corrected chi connectivity index (χ0v) is 11.0. The molecule has 1 aromatic heterocycles. The molecule has 2 heterocycles. The fourth-order valence-corrected chi connectivity index (χ4v) is 2.12. The predicted octanol–water partition coefficient (Wildman–Crippen LogP) is -0.140. The van der Waals surface area contributed by atoms with Crippen molar-refractivity contribution < 1.29 is 19.4 Å². The Kier molecular flexibility index (Phi) is 4.46. The Morgan fingerprint density at radius 1 is 1.60 bits per heavy atom. The molecule has 1 fully saturated rings. The van der Waals surface area contributed by atoms with Crippen molar-refractivity contribution in [2.45, 2.75) is 25.1 Å². The Morgan fingerprint density at radius 2 is 2.40 bits per heavy atom. The second-order valence-electron chi connectivity index (χ2n) is 4.47. The van der Waals surface area contributed by atoms with Crippen LogP contribution in [0, 0.1) is 0 Å². The quantitative estimate of drug-likeness (QED) is 0.795. The van der Waals surface area contributed by atoms with Gasteiger partial charge < -0.3 is 20.1 Å². The number of amides is 2. The van der Waals surface area contributed by atoms with Gasteiger partial charge in [-0.25, -0.2) is 9.59 Å². The number of carbonyl (C=O) groups is 2. The van der Waals surface area contributed by atoms with E-state index in [0.29, 0.717) is 12.1 Å². The summed E-state index contributed by atoms with van der Waals surface area (Å²) in [5.74, 6) is -1.03. The minimum absolute atomic E-state index is 0.202. The normalized spacial score (nSPS) is 21.8. The van der Waals surface area contributed by atoms with Gasteiger partial charge in [0, 0.05) is 26.3 Å². The highest BCUT2D eigenvalue weighted by Crippen LogP contribution is 2.20. The number of aliphatic carboxylic acids is 1. The van der Waals surface area contributed by atoms with Gasteiger partial charge in [-0.3, -0.25) is 0 Å². The predicted molar refractivity (Wildman–Crippen MR) is 67.8 cm³/mol. The fraction of sp³-hybridized carbons (Fsp3) is 0.500. The molecule has 2 unspecified atom stereocenters. The number of ether oxygens (including phenoxy) is 1. The van der Waals surface area contributed by atoms with Crippen molar-refractivity contribution >= 4 is 12.0 Å². The van der Waals surface area contributed by atoms with Crippen molar-refractivity contribution in [3.8, 4) is 0 Å². The van der Waals surface area contributed by atoms with Gasteiger partial charge in [0.15, 0.2) is 0 Å². The summed E-state index contributed by atoms with van der Waals surface area (Å²) in [7, 11) is 1.50. The topological polar surface area (TPSA) is 105 Å². The van der Waals surface area contributed by atoms with E-state index in [1.54, 1.807) is 12.1 Å². The van der Waals surface area contributed by atoms with Crippen LogP contribution in [0.4, 0.5) is 4.79 Å². The molecular weight excluding hydrogens is 264 g/mol. The average Bonchev–Trinajstić information content (AvgIpc) is 2.90. The van der Waals surface area contributed by atoms with Gasteiger partial charge in [0.2, 0.25) is 0 Å². The van der Waals surface area contributed by atoms with E-state index >= 15 is 0 Å². The molecule has 1 aromatic rings. The van der Waals surface area contributed by atoms with Crippen molar-refractivity contribution in [3.63, 3.8) is 0 Å². The van der Waals surface area contributed by atoms with Gasteiger partial charge in [-0.1, -0.05) is 0 Å². The molecule has 0 aliphatic carbocycles. The summed E-state index contributed by atoms with van der Waals surface area (Å²) >= 11 is 0. The van der Waals surface area contributed by atoms with Gasteiger partial charge >= 0.3 is 12.0 Å². The fourth-order valence-electron chi connectivity index (χ4n) is 2.12. The van der Waals surface area contributed by atoms with Crippen LogP contribution in [0.1, 0.15) is 12.1 Å². The van der Waals surface area contributed by atoms with Crippen LogP contribution in [-0.4, -0.2) is 58.0 Å². The lowest BCUT2D eigenvalue weighted by Gasteiger charge is -2.21. The second kappa shape index (κ2) is 6.29. The third-order valence-corrected chi connectivity index (χ3v) is 3.19. The summed E-state index contributed by atoms with van der Waals surface area (Å²) in [5, 5.41) is 19.3. The summed E-state index contributed by atoms with van der Waals surface area (Å²) in [5.41, 5.74) is 0.607. The number of carbonyl (C=O) groups excluding carboxylic acids is 1. The Balaban J connectivity index is 1.95. The molecule has 1 aliphatic rings.